The third-order valence-electron chi connectivity index (χ3n) is 2.32. The van der Waals surface area contributed by atoms with Crippen LogP contribution in [0.25, 0.3) is 0 Å². The molecule has 4 heteroatoms. The molecule has 1 aromatic rings. The maximum atomic E-state index is 13.2. The minimum atomic E-state index is -0.138. The SMILES string of the molecule is Fc1ccccc1CCNC1=NCCN1. The smallest absolute Gasteiger partial charge is 0.191 e. The van der Waals surface area contributed by atoms with Crippen LogP contribution in [0.15, 0.2) is 29.3 Å². The van der Waals surface area contributed by atoms with Crippen LogP contribution in [-0.4, -0.2) is 25.6 Å². The fourth-order valence-electron chi connectivity index (χ4n) is 1.53. The lowest BCUT2D eigenvalue weighted by molar-refractivity contribution is 0.607. The fraction of sp³-hybridized carbons (Fsp3) is 0.364. The van der Waals surface area contributed by atoms with Gasteiger partial charge in [0.1, 0.15) is 5.82 Å². The van der Waals surface area contributed by atoms with Crippen molar-refractivity contribution in [3.05, 3.63) is 35.6 Å². The summed E-state index contributed by atoms with van der Waals surface area (Å²) in [6, 6.07) is 6.85. The Balaban J connectivity index is 1.80. The molecule has 2 rings (SSSR count). The van der Waals surface area contributed by atoms with Crippen LogP contribution < -0.4 is 10.6 Å². The molecule has 0 saturated heterocycles. The van der Waals surface area contributed by atoms with Crippen LogP contribution in [0, 0.1) is 5.82 Å². The monoisotopic (exact) mass is 207 g/mol. The second-order valence-corrected chi connectivity index (χ2v) is 3.43. The van der Waals surface area contributed by atoms with Crippen molar-refractivity contribution in [3.8, 4) is 0 Å². The van der Waals surface area contributed by atoms with Crippen molar-refractivity contribution >= 4 is 5.96 Å². The third-order valence-corrected chi connectivity index (χ3v) is 2.32. The minimum Gasteiger partial charge on any atom is -0.356 e. The number of halogens is 1. The predicted octanol–water partition coefficient (Wildman–Crippen LogP) is 0.917. The zero-order valence-corrected chi connectivity index (χ0v) is 8.46. The zero-order chi connectivity index (χ0) is 10.5. The highest BCUT2D eigenvalue weighted by Gasteiger charge is 2.04. The van der Waals surface area contributed by atoms with Crippen LogP contribution in [0.2, 0.25) is 0 Å². The maximum absolute atomic E-state index is 13.2. The Hall–Kier alpha value is -1.58. The summed E-state index contributed by atoms with van der Waals surface area (Å²) in [5, 5.41) is 6.23. The summed E-state index contributed by atoms with van der Waals surface area (Å²) < 4.78 is 13.2. The first kappa shape index (κ1) is 9.96. The molecule has 0 spiro atoms. The number of rotatable bonds is 3. The van der Waals surface area contributed by atoms with Gasteiger partial charge in [0.25, 0.3) is 0 Å². The highest BCUT2D eigenvalue weighted by atomic mass is 19.1. The van der Waals surface area contributed by atoms with E-state index in [4.69, 9.17) is 0 Å². The van der Waals surface area contributed by atoms with E-state index in [1.54, 1.807) is 12.1 Å². The van der Waals surface area contributed by atoms with Gasteiger partial charge in [-0.1, -0.05) is 18.2 Å². The molecule has 0 atom stereocenters. The second-order valence-electron chi connectivity index (χ2n) is 3.43. The van der Waals surface area contributed by atoms with E-state index in [0.717, 1.165) is 24.6 Å². The molecule has 1 heterocycles. The Morgan fingerprint density at radius 1 is 1.40 bits per heavy atom. The summed E-state index contributed by atoms with van der Waals surface area (Å²) >= 11 is 0. The van der Waals surface area contributed by atoms with E-state index >= 15 is 0 Å². The number of hydrogen-bond acceptors (Lipinski definition) is 3. The maximum Gasteiger partial charge on any atom is 0.191 e. The molecule has 1 aliphatic heterocycles. The van der Waals surface area contributed by atoms with E-state index in [9.17, 15) is 4.39 Å². The molecule has 0 bridgehead atoms. The van der Waals surface area contributed by atoms with Gasteiger partial charge < -0.3 is 10.6 Å². The molecule has 15 heavy (non-hydrogen) atoms. The Morgan fingerprint density at radius 3 is 3.00 bits per heavy atom. The molecule has 80 valence electrons. The number of guanidine groups is 1. The first-order valence-electron chi connectivity index (χ1n) is 5.12. The van der Waals surface area contributed by atoms with E-state index in [1.165, 1.54) is 6.07 Å². The van der Waals surface area contributed by atoms with Crippen LogP contribution in [0.4, 0.5) is 4.39 Å². The molecular formula is C11H14FN3. The Kier molecular flexibility index (Phi) is 3.17. The largest absolute Gasteiger partial charge is 0.356 e. The summed E-state index contributed by atoms with van der Waals surface area (Å²) in [7, 11) is 0. The number of aliphatic imine (C=N–C) groups is 1. The lowest BCUT2D eigenvalue weighted by atomic mass is 10.1. The first-order valence-corrected chi connectivity index (χ1v) is 5.12. The van der Waals surface area contributed by atoms with Crippen molar-refractivity contribution in [1.29, 1.82) is 0 Å². The van der Waals surface area contributed by atoms with E-state index in [1.807, 2.05) is 6.07 Å². The molecule has 3 nitrogen and oxygen atoms in total. The summed E-state index contributed by atoms with van der Waals surface area (Å²) in [6.45, 7) is 2.41. The van der Waals surface area contributed by atoms with Crippen LogP contribution in [0.3, 0.4) is 0 Å². The fourth-order valence-corrected chi connectivity index (χ4v) is 1.53. The van der Waals surface area contributed by atoms with E-state index in [2.05, 4.69) is 15.6 Å². The molecule has 0 aliphatic carbocycles. The second kappa shape index (κ2) is 4.77. The summed E-state index contributed by atoms with van der Waals surface area (Å²) in [4.78, 5) is 4.19. The Morgan fingerprint density at radius 2 is 2.27 bits per heavy atom. The van der Waals surface area contributed by atoms with Gasteiger partial charge in [0.2, 0.25) is 0 Å². The van der Waals surface area contributed by atoms with Crippen LogP contribution >= 0.6 is 0 Å². The van der Waals surface area contributed by atoms with Gasteiger partial charge in [-0.05, 0) is 18.1 Å². The van der Waals surface area contributed by atoms with Gasteiger partial charge in [-0.25, -0.2) is 4.39 Å². The molecule has 1 aromatic carbocycles. The molecule has 0 unspecified atom stereocenters. The van der Waals surface area contributed by atoms with Gasteiger partial charge >= 0.3 is 0 Å². The topological polar surface area (TPSA) is 36.4 Å². The summed E-state index contributed by atoms with van der Waals surface area (Å²) in [5.41, 5.74) is 0.739. The molecule has 0 saturated carbocycles. The number of nitrogens with one attached hydrogen (secondary N) is 2. The average molecular weight is 207 g/mol. The molecule has 0 amide bonds. The first-order chi connectivity index (χ1) is 7.36. The third kappa shape index (κ3) is 2.68. The van der Waals surface area contributed by atoms with Gasteiger partial charge in [-0.2, -0.15) is 0 Å². The van der Waals surface area contributed by atoms with Gasteiger partial charge in [-0.15, -0.1) is 0 Å². The lowest BCUT2D eigenvalue weighted by Crippen LogP contribution is -2.35. The van der Waals surface area contributed by atoms with Gasteiger partial charge in [0.15, 0.2) is 5.96 Å². The number of hydrogen-bond donors (Lipinski definition) is 2. The highest BCUT2D eigenvalue weighted by molar-refractivity contribution is 5.81. The van der Waals surface area contributed by atoms with Gasteiger partial charge in [0.05, 0.1) is 6.54 Å². The van der Waals surface area contributed by atoms with Crippen LogP contribution in [-0.2, 0) is 6.42 Å². The lowest BCUT2D eigenvalue weighted by Gasteiger charge is -2.06. The van der Waals surface area contributed by atoms with Crippen LogP contribution in [0.5, 0.6) is 0 Å². The minimum absolute atomic E-state index is 0.138. The van der Waals surface area contributed by atoms with E-state index < -0.39 is 0 Å². The van der Waals surface area contributed by atoms with Gasteiger partial charge in [0, 0.05) is 13.1 Å². The Labute approximate surface area is 88.4 Å². The molecule has 0 fully saturated rings. The van der Waals surface area contributed by atoms with Crippen molar-refractivity contribution in [2.75, 3.05) is 19.6 Å². The van der Waals surface area contributed by atoms with Crippen molar-refractivity contribution in [2.45, 2.75) is 6.42 Å². The Bertz CT molecular complexity index is 363. The highest BCUT2D eigenvalue weighted by Crippen LogP contribution is 2.05. The molecular weight excluding hydrogens is 193 g/mol. The average Bonchev–Trinajstić information content (AvgIpc) is 2.74. The molecule has 0 radical (unpaired) electrons. The zero-order valence-electron chi connectivity index (χ0n) is 8.46. The van der Waals surface area contributed by atoms with E-state index in [0.29, 0.717) is 13.0 Å². The quantitative estimate of drug-likeness (QED) is 0.773. The molecule has 1 aliphatic rings. The molecule has 2 N–H and O–H groups in total. The van der Waals surface area contributed by atoms with Crippen molar-refractivity contribution in [3.63, 3.8) is 0 Å². The predicted molar refractivity (Wildman–Crippen MR) is 58.4 cm³/mol. The van der Waals surface area contributed by atoms with Crippen molar-refractivity contribution < 1.29 is 4.39 Å². The standard InChI is InChI=1S/C11H14FN3/c12-10-4-2-1-3-9(10)5-6-13-11-14-7-8-15-11/h1-4H,5-8H2,(H2,13,14,15). The molecule has 0 aromatic heterocycles. The van der Waals surface area contributed by atoms with E-state index in [-0.39, 0.29) is 5.82 Å². The van der Waals surface area contributed by atoms with Gasteiger partial charge in [-0.3, -0.25) is 4.99 Å². The van der Waals surface area contributed by atoms with Crippen molar-refractivity contribution in [1.82, 2.24) is 10.6 Å². The normalized spacial score (nSPS) is 14.6. The number of benzene rings is 1. The van der Waals surface area contributed by atoms with Crippen molar-refractivity contribution in [2.24, 2.45) is 4.99 Å². The van der Waals surface area contributed by atoms with Crippen LogP contribution in [0.1, 0.15) is 5.56 Å². The summed E-state index contributed by atoms with van der Waals surface area (Å²) in [6.07, 6.45) is 0.674. The summed E-state index contributed by atoms with van der Waals surface area (Å²) in [5.74, 6) is 0.687. The number of nitrogens with zero attached hydrogens (tertiary/aromatic N) is 1.